The number of aromatic nitrogens is 2. The summed E-state index contributed by atoms with van der Waals surface area (Å²) in [6.07, 6.45) is 3.38. The smallest absolute Gasteiger partial charge is 0.236 e. The van der Waals surface area contributed by atoms with Gasteiger partial charge in [-0.05, 0) is 36.0 Å². The third kappa shape index (κ3) is 2.54. The van der Waals surface area contributed by atoms with E-state index >= 15 is 0 Å². The number of carbonyl (C=O) groups is 1. The van der Waals surface area contributed by atoms with Crippen LogP contribution < -0.4 is 5.32 Å². The Morgan fingerprint density at radius 3 is 2.52 bits per heavy atom. The molecule has 1 fully saturated rings. The first-order valence-electron chi connectivity index (χ1n) is 8.00. The summed E-state index contributed by atoms with van der Waals surface area (Å²) in [6, 6.07) is 8.07. The van der Waals surface area contributed by atoms with Crippen molar-refractivity contribution >= 4 is 11.7 Å². The van der Waals surface area contributed by atoms with Gasteiger partial charge in [-0.1, -0.05) is 32.9 Å². The van der Waals surface area contributed by atoms with Gasteiger partial charge in [0.1, 0.15) is 11.6 Å². The molecule has 0 saturated heterocycles. The lowest BCUT2D eigenvalue weighted by atomic mass is 9.87. The molecule has 0 bridgehead atoms. The Morgan fingerprint density at radius 1 is 1.30 bits per heavy atom. The van der Waals surface area contributed by atoms with E-state index in [4.69, 9.17) is 0 Å². The molecule has 0 radical (unpaired) electrons. The van der Waals surface area contributed by atoms with Crippen molar-refractivity contribution in [2.45, 2.75) is 45.6 Å². The first kappa shape index (κ1) is 15.7. The number of halogens is 1. The zero-order valence-electron chi connectivity index (χ0n) is 13.8. The van der Waals surface area contributed by atoms with Gasteiger partial charge in [-0.3, -0.25) is 4.79 Å². The summed E-state index contributed by atoms with van der Waals surface area (Å²) in [5.41, 5.74) is 0.106. The molecule has 1 aromatic carbocycles. The largest absolute Gasteiger partial charge is 0.310 e. The average Bonchev–Trinajstić information content (AvgIpc) is 2.86. The second kappa shape index (κ2) is 5.48. The van der Waals surface area contributed by atoms with Gasteiger partial charge in [-0.15, -0.1) is 0 Å². The Bertz CT molecular complexity index is 720. The first-order valence-corrected chi connectivity index (χ1v) is 8.00. The summed E-state index contributed by atoms with van der Waals surface area (Å²) in [5, 5.41) is 7.25. The average molecular weight is 315 g/mol. The Balaban J connectivity index is 1.89. The zero-order chi connectivity index (χ0) is 16.7. The van der Waals surface area contributed by atoms with Gasteiger partial charge in [0, 0.05) is 12.6 Å². The van der Waals surface area contributed by atoms with Gasteiger partial charge in [0.05, 0.1) is 11.6 Å². The maximum atomic E-state index is 13.2. The number of anilines is 1. The molecule has 0 aliphatic heterocycles. The summed E-state index contributed by atoms with van der Waals surface area (Å²) in [6.45, 7) is 6.96. The Morgan fingerprint density at radius 2 is 1.96 bits per heavy atom. The van der Waals surface area contributed by atoms with Crippen LogP contribution in [0.15, 0.2) is 36.5 Å². The fraction of sp³-hybridized carbons (Fsp3) is 0.444. The van der Waals surface area contributed by atoms with Crippen LogP contribution in [0.4, 0.5) is 10.2 Å². The van der Waals surface area contributed by atoms with Crippen LogP contribution in [-0.2, 0) is 16.8 Å². The minimum absolute atomic E-state index is 0.0491. The van der Waals surface area contributed by atoms with Crippen LogP contribution in [0.2, 0.25) is 0 Å². The summed E-state index contributed by atoms with van der Waals surface area (Å²) >= 11 is 0. The summed E-state index contributed by atoms with van der Waals surface area (Å²) in [5.74, 6) is 0.372. The Labute approximate surface area is 135 Å². The van der Waals surface area contributed by atoms with Crippen molar-refractivity contribution < 1.29 is 9.18 Å². The van der Waals surface area contributed by atoms with E-state index in [-0.39, 0.29) is 17.1 Å². The van der Waals surface area contributed by atoms with Gasteiger partial charge in [0.15, 0.2) is 0 Å². The topological polar surface area (TPSA) is 46.9 Å². The van der Waals surface area contributed by atoms with Crippen LogP contribution in [0.5, 0.6) is 0 Å². The molecule has 0 spiro atoms. The molecule has 1 heterocycles. The van der Waals surface area contributed by atoms with Crippen LogP contribution in [0.25, 0.3) is 0 Å². The molecular formula is C18H22FN3O. The van der Waals surface area contributed by atoms with E-state index in [1.807, 2.05) is 0 Å². The lowest BCUT2D eigenvalue weighted by Crippen LogP contribution is -2.33. The monoisotopic (exact) mass is 315 g/mol. The third-order valence-electron chi connectivity index (χ3n) is 4.86. The van der Waals surface area contributed by atoms with Gasteiger partial charge in [-0.25, -0.2) is 9.07 Å². The number of hydrogen-bond acceptors (Lipinski definition) is 2. The van der Waals surface area contributed by atoms with Crippen LogP contribution in [0, 0.1) is 11.2 Å². The quantitative estimate of drug-likeness (QED) is 0.913. The van der Waals surface area contributed by atoms with Crippen molar-refractivity contribution in [3.05, 3.63) is 47.9 Å². The molecule has 1 N–H and O–H groups in total. The number of nitrogens with one attached hydrogen (secondary N) is 1. The predicted octanol–water partition coefficient (Wildman–Crippen LogP) is 3.74. The molecule has 1 atom stereocenters. The number of aryl methyl sites for hydroxylation is 1. The van der Waals surface area contributed by atoms with Crippen molar-refractivity contribution in [3.63, 3.8) is 0 Å². The molecule has 1 amide bonds. The van der Waals surface area contributed by atoms with Gasteiger partial charge in [-0.2, -0.15) is 5.10 Å². The Hall–Kier alpha value is -2.17. The normalized spacial score (nSPS) is 21.9. The van der Waals surface area contributed by atoms with Crippen LogP contribution in [-0.4, -0.2) is 15.7 Å². The lowest BCUT2D eigenvalue weighted by Gasteiger charge is -2.21. The number of benzene rings is 1. The molecule has 1 aliphatic rings. The van der Waals surface area contributed by atoms with Crippen LogP contribution >= 0.6 is 0 Å². The van der Waals surface area contributed by atoms with E-state index in [1.54, 1.807) is 29.1 Å². The van der Waals surface area contributed by atoms with E-state index < -0.39 is 5.41 Å². The van der Waals surface area contributed by atoms with Crippen LogP contribution in [0.1, 0.15) is 39.2 Å². The maximum absolute atomic E-state index is 13.2. The molecule has 3 rings (SSSR count). The fourth-order valence-electron chi connectivity index (χ4n) is 3.42. The molecule has 2 aromatic rings. The molecule has 1 aromatic heterocycles. The van der Waals surface area contributed by atoms with Gasteiger partial charge in [0.2, 0.25) is 5.91 Å². The highest BCUT2D eigenvalue weighted by atomic mass is 19.1. The second-order valence-corrected chi connectivity index (χ2v) is 6.87. The standard InChI is InChI=1S/C18H22FN3O/c1-4-11-22-15(9-10-20-22)21-16(23)18(12-17(18,2)3)13-5-7-14(19)8-6-13/h5-10H,4,11-12H2,1-3H3,(H,21,23). The Kier molecular flexibility index (Phi) is 3.74. The molecule has 1 saturated carbocycles. The van der Waals surface area contributed by atoms with Crippen molar-refractivity contribution in [1.82, 2.24) is 9.78 Å². The summed E-state index contributed by atoms with van der Waals surface area (Å²) in [4.78, 5) is 13.0. The SMILES string of the molecule is CCCn1nccc1NC(=O)C1(c2ccc(F)cc2)CC1(C)C. The van der Waals surface area contributed by atoms with Crippen molar-refractivity contribution in [2.75, 3.05) is 5.32 Å². The van der Waals surface area contributed by atoms with Crippen molar-refractivity contribution in [2.24, 2.45) is 5.41 Å². The minimum Gasteiger partial charge on any atom is -0.310 e. The molecule has 4 nitrogen and oxygen atoms in total. The number of nitrogens with zero attached hydrogens (tertiary/aromatic N) is 2. The second-order valence-electron chi connectivity index (χ2n) is 6.87. The predicted molar refractivity (Wildman–Crippen MR) is 87.6 cm³/mol. The van der Waals surface area contributed by atoms with E-state index in [2.05, 4.69) is 31.2 Å². The molecule has 1 unspecified atom stereocenters. The van der Waals surface area contributed by atoms with E-state index in [9.17, 15) is 9.18 Å². The third-order valence-corrected chi connectivity index (χ3v) is 4.86. The maximum Gasteiger partial charge on any atom is 0.236 e. The summed E-state index contributed by atoms with van der Waals surface area (Å²) in [7, 11) is 0. The molecule has 23 heavy (non-hydrogen) atoms. The number of rotatable bonds is 5. The zero-order valence-corrected chi connectivity index (χ0v) is 13.8. The first-order chi connectivity index (χ1) is 10.9. The van der Waals surface area contributed by atoms with E-state index in [0.717, 1.165) is 24.9 Å². The van der Waals surface area contributed by atoms with E-state index in [1.165, 1.54) is 12.1 Å². The summed E-state index contributed by atoms with van der Waals surface area (Å²) < 4.78 is 15.0. The molecular weight excluding hydrogens is 293 g/mol. The lowest BCUT2D eigenvalue weighted by molar-refractivity contribution is -0.119. The fourth-order valence-corrected chi connectivity index (χ4v) is 3.42. The van der Waals surface area contributed by atoms with Gasteiger partial charge in [0.25, 0.3) is 0 Å². The van der Waals surface area contributed by atoms with Crippen LogP contribution in [0.3, 0.4) is 0 Å². The minimum atomic E-state index is -0.609. The molecule has 5 heteroatoms. The molecule has 122 valence electrons. The highest BCUT2D eigenvalue weighted by Gasteiger charge is 2.67. The number of hydrogen-bond donors (Lipinski definition) is 1. The highest BCUT2D eigenvalue weighted by Crippen LogP contribution is 2.64. The van der Waals surface area contributed by atoms with Crippen molar-refractivity contribution in [1.29, 1.82) is 0 Å². The van der Waals surface area contributed by atoms with Gasteiger partial charge < -0.3 is 5.32 Å². The number of amides is 1. The van der Waals surface area contributed by atoms with Crippen molar-refractivity contribution in [3.8, 4) is 0 Å². The van der Waals surface area contributed by atoms with Gasteiger partial charge >= 0.3 is 0 Å². The number of carbonyl (C=O) groups excluding carboxylic acids is 1. The molecule has 1 aliphatic carbocycles. The van der Waals surface area contributed by atoms with E-state index in [0.29, 0.717) is 5.82 Å². The highest BCUT2D eigenvalue weighted by molar-refractivity contribution is 6.02.